The van der Waals surface area contributed by atoms with E-state index in [1.165, 1.54) is 66.1 Å². The van der Waals surface area contributed by atoms with Gasteiger partial charge in [-0.2, -0.15) is 0 Å². The van der Waals surface area contributed by atoms with Gasteiger partial charge in [-0.25, -0.2) is 8.42 Å². The lowest BCUT2D eigenvalue weighted by Gasteiger charge is -2.16. The summed E-state index contributed by atoms with van der Waals surface area (Å²) in [7, 11) is -0.749. The van der Waals surface area contributed by atoms with E-state index in [0.717, 1.165) is 11.0 Å². The molecule has 3 amide bonds. The van der Waals surface area contributed by atoms with Crippen molar-refractivity contribution < 1.29 is 27.9 Å². The molecule has 38 heavy (non-hydrogen) atoms. The molecule has 3 aromatic rings. The van der Waals surface area contributed by atoms with E-state index in [4.69, 9.17) is 11.6 Å². The van der Waals surface area contributed by atoms with Gasteiger partial charge >= 0.3 is 0 Å². The summed E-state index contributed by atoms with van der Waals surface area (Å²) in [4.78, 5) is 39.7. The second-order valence-corrected chi connectivity index (χ2v) is 12.0. The molecule has 0 saturated heterocycles. The van der Waals surface area contributed by atoms with Crippen LogP contribution in [0.4, 0.5) is 11.4 Å². The first-order chi connectivity index (χ1) is 17.8. The van der Waals surface area contributed by atoms with Gasteiger partial charge in [-0.3, -0.25) is 14.4 Å². The highest BCUT2D eigenvalue weighted by Gasteiger charge is 2.30. The number of benzene rings is 3. The molecule has 0 fully saturated rings. The number of halogens is 1. The normalized spacial score (nSPS) is 11.9. The molecule has 0 spiro atoms. The molecule has 0 radical (unpaired) electrons. The number of rotatable bonds is 8. The van der Waals surface area contributed by atoms with Crippen molar-refractivity contribution in [1.82, 2.24) is 4.90 Å². The van der Waals surface area contributed by atoms with E-state index < -0.39 is 32.7 Å². The average Bonchev–Trinajstić information content (AvgIpc) is 2.90. The van der Waals surface area contributed by atoms with Gasteiger partial charge in [0.15, 0.2) is 9.84 Å². The zero-order chi connectivity index (χ0) is 28.2. The van der Waals surface area contributed by atoms with Crippen molar-refractivity contribution in [3.05, 3.63) is 76.8 Å². The van der Waals surface area contributed by atoms with Crippen LogP contribution in [0.25, 0.3) is 0 Å². The summed E-state index contributed by atoms with van der Waals surface area (Å²) in [6.07, 6.45) is 1.86. The number of hydrogen-bond acceptors (Lipinski definition) is 7. The Morgan fingerprint density at radius 2 is 1.50 bits per heavy atom. The summed E-state index contributed by atoms with van der Waals surface area (Å²) in [5.74, 6) is -2.02. The maximum atomic E-state index is 12.9. The van der Waals surface area contributed by atoms with Crippen LogP contribution >= 0.6 is 23.4 Å². The fraction of sp³-hybridized carbons (Fsp3) is 0.192. The van der Waals surface area contributed by atoms with Gasteiger partial charge in [0.2, 0.25) is 5.91 Å². The molecular formula is C26H26ClN3O6S2. The number of carbonyl (C=O) groups is 3. The fourth-order valence-electron chi connectivity index (χ4n) is 3.32. The van der Waals surface area contributed by atoms with Crippen molar-refractivity contribution in [3.8, 4) is 5.75 Å². The molecule has 0 aliphatic heterocycles. The number of nitrogens with one attached hydrogen (secondary N) is 2. The first-order valence-electron chi connectivity index (χ1n) is 11.2. The molecule has 1 unspecified atom stereocenters. The number of phenols is 1. The fourth-order valence-corrected chi connectivity index (χ4v) is 5.20. The third-order valence-electron chi connectivity index (χ3n) is 5.61. The lowest BCUT2D eigenvalue weighted by Crippen LogP contribution is -2.32. The zero-order valence-corrected chi connectivity index (χ0v) is 23.4. The number of hydrogen-bond donors (Lipinski definition) is 3. The van der Waals surface area contributed by atoms with Crippen molar-refractivity contribution in [3.63, 3.8) is 0 Å². The molecule has 1 atom stereocenters. The number of anilines is 2. The molecule has 3 aromatic carbocycles. The van der Waals surface area contributed by atoms with Crippen LogP contribution in [0.2, 0.25) is 5.02 Å². The molecule has 9 nitrogen and oxygen atoms in total. The second kappa shape index (κ2) is 11.9. The average molecular weight is 576 g/mol. The van der Waals surface area contributed by atoms with Crippen LogP contribution in [0.1, 0.15) is 27.6 Å². The Kier molecular flexibility index (Phi) is 9.08. The Bertz CT molecular complexity index is 1470. The van der Waals surface area contributed by atoms with Crippen LogP contribution in [0.15, 0.2) is 70.5 Å². The second-order valence-electron chi connectivity index (χ2n) is 8.43. The minimum absolute atomic E-state index is 0.00377. The van der Waals surface area contributed by atoms with E-state index in [1.807, 2.05) is 6.26 Å². The Balaban J connectivity index is 1.73. The van der Waals surface area contributed by atoms with Crippen molar-refractivity contribution in [1.29, 1.82) is 0 Å². The SMILES string of the molecule is CSc1ccc(S(=O)(=O)C(C)C(=O)Nc2cc(O)c(NC(=O)c3ccc(C(=O)N(C)C)cc3)cc2Cl)cc1. The smallest absolute Gasteiger partial charge is 0.255 e. The number of phenolic OH excluding ortho intramolecular Hbond substituents is 1. The predicted molar refractivity (Wildman–Crippen MR) is 149 cm³/mol. The van der Waals surface area contributed by atoms with Gasteiger partial charge in [-0.1, -0.05) is 11.6 Å². The highest BCUT2D eigenvalue weighted by molar-refractivity contribution is 7.98. The Labute approximate surface area is 230 Å². The summed E-state index contributed by atoms with van der Waals surface area (Å²) in [6, 6.07) is 14.5. The first-order valence-corrected chi connectivity index (χ1v) is 14.3. The van der Waals surface area contributed by atoms with Crippen LogP contribution in [-0.4, -0.2) is 61.7 Å². The van der Waals surface area contributed by atoms with Gasteiger partial charge in [0.05, 0.1) is 21.3 Å². The van der Waals surface area contributed by atoms with E-state index in [1.54, 1.807) is 26.2 Å². The topological polar surface area (TPSA) is 133 Å². The first kappa shape index (κ1) is 29.0. The molecule has 0 bridgehead atoms. The summed E-state index contributed by atoms with van der Waals surface area (Å²) in [6.45, 7) is 1.26. The molecule has 0 aliphatic rings. The van der Waals surface area contributed by atoms with Crippen LogP contribution < -0.4 is 10.6 Å². The third-order valence-corrected chi connectivity index (χ3v) is 8.74. The van der Waals surface area contributed by atoms with E-state index in [9.17, 15) is 27.9 Å². The van der Waals surface area contributed by atoms with Crippen LogP contribution in [0.3, 0.4) is 0 Å². The minimum Gasteiger partial charge on any atom is -0.506 e. The Hall–Kier alpha value is -3.54. The van der Waals surface area contributed by atoms with E-state index in [2.05, 4.69) is 10.6 Å². The van der Waals surface area contributed by atoms with Crippen molar-refractivity contribution in [2.45, 2.75) is 22.0 Å². The highest BCUT2D eigenvalue weighted by atomic mass is 35.5. The van der Waals surface area contributed by atoms with E-state index in [-0.39, 0.29) is 32.8 Å². The van der Waals surface area contributed by atoms with Gasteiger partial charge in [-0.05, 0) is 67.8 Å². The van der Waals surface area contributed by atoms with Crippen molar-refractivity contribution in [2.24, 2.45) is 0 Å². The minimum atomic E-state index is -3.98. The number of nitrogens with zero attached hydrogens (tertiary/aromatic N) is 1. The van der Waals surface area contributed by atoms with E-state index in [0.29, 0.717) is 5.56 Å². The monoisotopic (exact) mass is 575 g/mol. The van der Waals surface area contributed by atoms with Gasteiger partial charge < -0.3 is 20.6 Å². The van der Waals surface area contributed by atoms with Crippen LogP contribution in [-0.2, 0) is 14.6 Å². The maximum absolute atomic E-state index is 12.9. The summed E-state index contributed by atoms with van der Waals surface area (Å²) in [5, 5.41) is 13.9. The van der Waals surface area contributed by atoms with Gasteiger partial charge in [0.25, 0.3) is 11.8 Å². The lowest BCUT2D eigenvalue weighted by atomic mass is 10.1. The number of aromatic hydroxyl groups is 1. The van der Waals surface area contributed by atoms with Gasteiger partial charge in [0.1, 0.15) is 11.0 Å². The van der Waals surface area contributed by atoms with Crippen LogP contribution in [0, 0.1) is 0 Å². The number of amides is 3. The standard InChI is InChI=1S/C26H26ClN3O6S2/c1-15(38(35,36)19-11-9-18(37-4)10-12-19)24(32)28-21-14-23(31)22(13-20(21)27)29-25(33)16-5-7-17(8-6-16)26(34)30(2)3/h5-15,31H,1-4H3,(H,28,32)(H,29,33). The van der Waals surface area contributed by atoms with Crippen molar-refractivity contribution >= 4 is 62.3 Å². The molecule has 0 aromatic heterocycles. The molecular weight excluding hydrogens is 550 g/mol. The maximum Gasteiger partial charge on any atom is 0.255 e. The Morgan fingerprint density at radius 1 is 0.921 bits per heavy atom. The number of carbonyl (C=O) groups excluding carboxylic acids is 3. The number of sulfone groups is 1. The molecule has 0 aliphatic carbocycles. The molecule has 12 heteroatoms. The van der Waals surface area contributed by atoms with Gasteiger partial charge in [0, 0.05) is 36.2 Å². The molecule has 3 rings (SSSR count). The largest absolute Gasteiger partial charge is 0.506 e. The van der Waals surface area contributed by atoms with E-state index >= 15 is 0 Å². The quantitative estimate of drug-likeness (QED) is 0.265. The highest BCUT2D eigenvalue weighted by Crippen LogP contribution is 2.34. The molecule has 0 heterocycles. The predicted octanol–water partition coefficient (Wildman–Crippen LogP) is 4.52. The molecule has 3 N–H and O–H groups in total. The lowest BCUT2D eigenvalue weighted by molar-refractivity contribution is -0.115. The number of thioether (sulfide) groups is 1. The third kappa shape index (κ3) is 6.47. The molecule has 200 valence electrons. The summed E-state index contributed by atoms with van der Waals surface area (Å²) >= 11 is 7.72. The van der Waals surface area contributed by atoms with Crippen LogP contribution in [0.5, 0.6) is 5.75 Å². The van der Waals surface area contributed by atoms with Crippen molar-refractivity contribution in [2.75, 3.05) is 31.0 Å². The summed E-state index contributed by atoms with van der Waals surface area (Å²) in [5.41, 5.74) is 0.586. The summed E-state index contributed by atoms with van der Waals surface area (Å²) < 4.78 is 25.8. The van der Waals surface area contributed by atoms with Gasteiger partial charge in [-0.15, -0.1) is 11.8 Å². The zero-order valence-electron chi connectivity index (χ0n) is 21.0. The Morgan fingerprint density at radius 3 is 2.05 bits per heavy atom. The molecule has 0 saturated carbocycles.